The van der Waals surface area contributed by atoms with Gasteiger partial charge in [-0.15, -0.1) is 0 Å². The molecule has 23 rings (SSSR count). The van der Waals surface area contributed by atoms with E-state index in [0.29, 0.717) is 5.69 Å². The molecular formula is C122H91BN4. The molecule has 0 bridgehead atoms. The lowest BCUT2D eigenvalue weighted by Crippen LogP contribution is -2.61. The third-order valence-electron chi connectivity index (χ3n) is 26.0. The molecule has 0 saturated carbocycles. The van der Waals surface area contributed by atoms with Crippen LogP contribution < -0.4 is 26.2 Å². The van der Waals surface area contributed by atoms with Gasteiger partial charge in [0.1, 0.15) is 0 Å². The quantitative estimate of drug-likeness (QED) is 0.101. The Morgan fingerprint density at radius 3 is 0.937 bits per heavy atom. The van der Waals surface area contributed by atoms with E-state index in [-0.39, 0.29) is 56.8 Å². The summed E-state index contributed by atoms with van der Waals surface area (Å²) in [5.74, 6) is 0. The third-order valence-corrected chi connectivity index (χ3v) is 26.0. The fraction of sp³-hybridized carbons (Fsp3) is 0.0656. The minimum absolute atomic E-state index is 0.0187. The van der Waals surface area contributed by atoms with Crippen molar-refractivity contribution < 1.29 is 11.0 Å². The van der Waals surface area contributed by atoms with Crippen LogP contribution in [0.3, 0.4) is 0 Å². The summed E-state index contributed by atoms with van der Waals surface area (Å²) in [6.07, 6.45) is 0. The molecule has 4 nitrogen and oxygen atoms in total. The van der Waals surface area contributed by atoms with Crippen molar-refractivity contribution in [1.29, 1.82) is 0 Å². The molecule has 0 saturated heterocycles. The Morgan fingerprint density at radius 2 is 0.535 bits per heavy atom. The normalized spacial score (nSPS) is 13.3. The summed E-state index contributed by atoms with van der Waals surface area (Å²) in [4.78, 5) is 5.28. The topological polar surface area (TPSA) is 16.3 Å². The van der Waals surface area contributed by atoms with E-state index in [2.05, 4.69) is 426 Å². The molecule has 0 spiro atoms. The minimum atomic E-state index is -0.498. The SMILES string of the molecule is [2H]c1c([2H])c([2H])c2c(c1[2H])c1c([2H])c([2H])c([2H])c([2H])c1n2-c1ccc(-c2ccc3c(c2)N(c2c(-c4ccccc4)cc(C(C)(C)C)cc2-c2ccccc2)c2cc(-n4c5ccc(-c6ccccc6)cc5c5cc(-c6ccccc6)ccc54)cc4c2B3c2cc(-c3cc(-c5ccccc5)cc(-c5ccccc5)c3)ccc2N4c2c(-c3ccccc3)cc(C(C)(C)C)cc2-c2ccccc2)cc1. The predicted molar refractivity (Wildman–Crippen MR) is 541 cm³/mol. The summed E-state index contributed by atoms with van der Waals surface area (Å²) >= 11 is 0. The summed E-state index contributed by atoms with van der Waals surface area (Å²) in [6.45, 7) is 13.4. The maximum Gasteiger partial charge on any atom is 0.252 e. The van der Waals surface area contributed by atoms with E-state index in [9.17, 15) is 5.48 Å². The summed E-state index contributed by atoms with van der Waals surface area (Å²) < 4.78 is 77.9. The first kappa shape index (κ1) is 67.9. The van der Waals surface area contributed by atoms with Crippen LogP contribution in [0.1, 0.15) is 63.6 Å². The molecule has 127 heavy (non-hydrogen) atoms. The maximum absolute atomic E-state index is 9.55. The number of hydrogen-bond acceptors (Lipinski definition) is 2. The standard InChI is InChI=1S/C122H91BN4/c1-121(2,3)96-74-102(85-43-23-11-24-44-85)119(103(75-96)86-45-25-12-26-46-86)126-114-66-60-91(95-68-93(82-39-19-9-20-40-82)67-94(69-95)83-41-21-10-22-42-83)72-109(114)123-108-63-57-92(84-55-61-98(62-56-84)124-110-53-33-31-51-100(110)101-52-32-34-54-111(101)124)73-115(108)127(120-104(87-47-27-13-28-48-87)76-97(122(4,5)6)77-105(120)88-49-29-14-30-50-88)117-79-99(78-116(126)118(117)123)125-112-64-58-89(80-35-15-7-16-36-80)70-106(112)107-71-90(59-65-113(107)125)81-37-17-8-18-38-81/h7-79H,1-6H3/i31D,32D,33D,34D,51D,52D,53D,54D. The average Bonchev–Trinajstić information content (AvgIpc) is 1.42. The number of nitrogens with zero attached hydrogens (tertiary/aromatic N) is 4. The van der Waals surface area contributed by atoms with Gasteiger partial charge >= 0.3 is 0 Å². The van der Waals surface area contributed by atoms with Crippen LogP contribution in [0, 0.1) is 0 Å². The Kier molecular flexibility index (Phi) is 16.4. The predicted octanol–water partition coefficient (Wildman–Crippen LogP) is 31.2. The van der Waals surface area contributed by atoms with Crippen molar-refractivity contribution in [2.45, 2.75) is 52.4 Å². The number of benzene rings is 19. The second kappa shape index (κ2) is 30.7. The summed E-state index contributed by atoms with van der Waals surface area (Å²) in [5.41, 5.74) is 35.4. The Labute approximate surface area is 754 Å². The van der Waals surface area contributed by atoms with Crippen molar-refractivity contribution in [3.05, 3.63) is 454 Å². The molecule has 602 valence electrons. The van der Waals surface area contributed by atoms with E-state index in [1.807, 2.05) is 24.3 Å². The zero-order valence-corrected chi connectivity index (χ0v) is 71.4. The maximum atomic E-state index is 9.55. The highest BCUT2D eigenvalue weighted by Gasteiger charge is 2.47. The van der Waals surface area contributed by atoms with Crippen LogP contribution in [0.15, 0.2) is 443 Å². The molecule has 2 aliphatic heterocycles. The monoisotopic (exact) mass is 1630 g/mol. The summed E-state index contributed by atoms with van der Waals surface area (Å²) in [7, 11) is 0. The molecule has 0 aliphatic carbocycles. The first-order chi connectivity index (χ1) is 65.6. The van der Waals surface area contributed by atoms with Crippen molar-refractivity contribution in [3.63, 3.8) is 0 Å². The highest BCUT2D eigenvalue weighted by molar-refractivity contribution is 7.00. The Bertz CT molecular complexity index is 8010. The molecule has 2 aromatic heterocycles. The number of rotatable bonds is 14. The molecule has 0 N–H and O–H groups in total. The molecular weight excluding hydrogens is 1530 g/mol. The second-order valence-electron chi connectivity index (χ2n) is 35.7. The fourth-order valence-electron chi connectivity index (χ4n) is 19.7. The van der Waals surface area contributed by atoms with Crippen LogP contribution in [0.2, 0.25) is 0 Å². The van der Waals surface area contributed by atoms with Crippen LogP contribution in [0.4, 0.5) is 34.1 Å². The lowest BCUT2D eigenvalue weighted by Gasteiger charge is -2.46. The lowest BCUT2D eigenvalue weighted by atomic mass is 9.33. The van der Waals surface area contributed by atoms with Crippen LogP contribution in [0.5, 0.6) is 0 Å². The van der Waals surface area contributed by atoms with Crippen molar-refractivity contribution in [3.8, 4) is 123 Å². The van der Waals surface area contributed by atoms with E-state index in [1.165, 1.54) is 5.56 Å². The number of aromatic nitrogens is 2. The van der Waals surface area contributed by atoms with Crippen LogP contribution in [-0.4, -0.2) is 15.8 Å². The molecule has 5 heteroatoms. The number of fused-ring (bicyclic) bond motifs is 10. The van der Waals surface area contributed by atoms with Gasteiger partial charge < -0.3 is 18.9 Å². The zero-order chi connectivity index (χ0) is 92.1. The highest BCUT2D eigenvalue weighted by atomic mass is 15.2. The lowest BCUT2D eigenvalue weighted by molar-refractivity contribution is 0.590. The van der Waals surface area contributed by atoms with Crippen LogP contribution in [-0.2, 0) is 10.8 Å². The minimum Gasteiger partial charge on any atom is -0.310 e. The first-order valence-corrected chi connectivity index (χ1v) is 43.8. The van der Waals surface area contributed by atoms with Gasteiger partial charge in [-0.25, -0.2) is 0 Å². The third kappa shape index (κ3) is 13.3. The summed E-state index contributed by atoms with van der Waals surface area (Å²) in [5, 5.41) is 2.24. The van der Waals surface area contributed by atoms with Gasteiger partial charge in [-0.1, -0.05) is 369 Å². The number of anilines is 6. The molecule has 2 aliphatic rings. The van der Waals surface area contributed by atoms with Gasteiger partial charge in [-0.05, 0) is 243 Å². The second-order valence-corrected chi connectivity index (χ2v) is 35.7. The van der Waals surface area contributed by atoms with Gasteiger partial charge in [-0.2, -0.15) is 0 Å². The summed E-state index contributed by atoms with van der Waals surface area (Å²) in [6, 6.07) is 141. The van der Waals surface area contributed by atoms with Gasteiger partial charge in [0.05, 0.1) is 50.1 Å². The molecule has 21 aromatic rings. The molecule has 0 amide bonds. The molecule has 4 heterocycles. The van der Waals surface area contributed by atoms with Crippen molar-refractivity contribution >= 4 is 101 Å². The van der Waals surface area contributed by atoms with Crippen molar-refractivity contribution in [2.75, 3.05) is 9.80 Å². The van der Waals surface area contributed by atoms with Gasteiger partial charge in [-0.3, -0.25) is 0 Å². The molecule has 19 aromatic carbocycles. The Morgan fingerprint density at radius 1 is 0.220 bits per heavy atom. The largest absolute Gasteiger partial charge is 0.310 e. The van der Waals surface area contributed by atoms with E-state index in [4.69, 9.17) is 5.48 Å². The molecule has 0 radical (unpaired) electrons. The van der Waals surface area contributed by atoms with Gasteiger partial charge in [0.15, 0.2) is 0 Å². The van der Waals surface area contributed by atoms with E-state index in [0.717, 1.165) is 195 Å². The van der Waals surface area contributed by atoms with Gasteiger partial charge in [0.25, 0.3) is 6.71 Å². The zero-order valence-electron chi connectivity index (χ0n) is 79.4. The Balaban J connectivity index is 0.891. The van der Waals surface area contributed by atoms with E-state index < -0.39 is 30.9 Å². The smallest absolute Gasteiger partial charge is 0.252 e. The number of hydrogen-bond donors (Lipinski definition) is 0. The van der Waals surface area contributed by atoms with E-state index >= 15 is 0 Å². The van der Waals surface area contributed by atoms with E-state index in [1.54, 1.807) is 4.57 Å². The molecule has 0 unspecified atom stereocenters. The van der Waals surface area contributed by atoms with Crippen LogP contribution in [0.25, 0.3) is 166 Å². The van der Waals surface area contributed by atoms with Crippen LogP contribution >= 0.6 is 0 Å². The highest BCUT2D eigenvalue weighted by Crippen LogP contribution is 2.56. The van der Waals surface area contributed by atoms with Gasteiger partial charge in [0.2, 0.25) is 0 Å². The van der Waals surface area contributed by atoms with Crippen molar-refractivity contribution in [1.82, 2.24) is 9.13 Å². The Hall–Kier alpha value is -15.6. The number of para-hydroxylation sites is 2. The van der Waals surface area contributed by atoms with Gasteiger partial charge in [0, 0.05) is 72.2 Å². The first-order valence-electron chi connectivity index (χ1n) is 47.8. The molecule has 0 fully saturated rings. The molecule has 0 atom stereocenters. The van der Waals surface area contributed by atoms with Crippen molar-refractivity contribution in [2.24, 2.45) is 0 Å². The fourth-order valence-corrected chi connectivity index (χ4v) is 19.7. The average molecular weight is 1630 g/mol.